The number of rotatable bonds is 5. The third kappa shape index (κ3) is 3.70. The number of nitrogens with zero attached hydrogens (tertiary/aromatic N) is 3. The lowest BCUT2D eigenvalue weighted by Crippen LogP contribution is -2.40. The maximum absolute atomic E-state index is 12.5. The van der Waals surface area contributed by atoms with Crippen molar-refractivity contribution in [3.63, 3.8) is 0 Å². The van der Waals surface area contributed by atoms with E-state index in [-0.39, 0.29) is 36.6 Å². The zero-order valence-corrected chi connectivity index (χ0v) is 13.0. The van der Waals surface area contributed by atoms with E-state index in [1.54, 1.807) is 0 Å². The molecule has 2 N–H and O–H groups in total. The molecule has 8 heteroatoms. The van der Waals surface area contributed by atoms with Crippen molar-refractivity contribution in [2.75, 3.05) is 37.8 Å². The topological polar surface area (TPSA) is 96.7 Å². The Balaban J connectivity index is 1.67. The highest BCUT2D eigenvalue weighted by atomic mass is 16.5. The van der Waals surface area contributed by atoms with E-state index in [2.05, 4.69) is 10.3 Å². The van der Waals surface area contributed by atoms with Crippen LogP contribution in [-0.2, 0) is 16.1 Å². The molecule has 3 rings (SSSR count). The van der Waals surface area contributed by atoms with Crippen LogP contribution in [0.1, 0.15) is 12.8 Å². The van der Waals surface area contributed by atoms with E-state index in [4.69, 9.17) is 4.74 Å². The zero-order valence-electron chi connectivity index (χ0n) is 13.0. The molecule has 0 aliphatic carbocycles. The molecule has 0 bridgehead atoms. The molecule has 2 atom stereocenters. The molecule has 0 unspecified atom stereocenters. The van der Waals surface area contributed by atoms with Gasteiger partial charge in [-0.2, -0.15) is 0 Å². The number of aliphatic hydroxyl groups excluding tert-OH is 1. The molecular formula is C15H22N4O4. The molecule has 2 fully saturated rings. The summed E-state index contributed by atoms with van der Waals surface area (Å²) >= 11 is 0. The third-order valence-corrected chi connectivity index (χ3v) is 4.35. The SMILES string of the molecule is O=C(Cn1ccnc(N2CC[C@H](CO)C2)c1=O)N[C@H]1CCOC1. The summed E-state index contributed by atoms with van der Waals surface area (Å²) in [6, 6.07) is 0.0309. The average molecular weight is 322 g/mol. The lowest BCUT2D eigenvalue weighted by atomic mass is 10.1. The van der Waals surface area contributed by atoms with Crippen LogP contribution in [0.2, 0.25) is 0 Å². The highest BCUT2D eigenvalue weighted by Gasteiger charge is 2.25. The van der Waals surface area contributed by atoms with Crippen LogP contribution in [0.4, 0.5) is 5.82 Å². The molecule has 2 aliphatic rings. The van der Waals surface area contributed by atoms with Crippen LogP contribution in [0.3, 0.4) is 0 Å². The summed E-state index contributed by atoms with van der Waals surface area (Å²) < 4.78 is 6.59. The maximum atomic E-state index is 12.5. The minimum atomic E-state index is -0.274. The summed E-state index contributed by atoms with van der Waals surface area (Å²) in [4.78, 5) is 30.6. The Kier molecular flexibility index (Phi) is 4.92. The molecule has 1 aromatic heterocycles. The summed E-state index contributed by atoms with van der Waals surface area (Å²) in [5, 5.41) is 12.1. The van der Waals surface area contributed by atoms with Gasteiger partial charge in [-0.3, -0.25) is 9.59 Å². The van der Waals surface area contributed by atoms with E-state index in [0.717, 1.165) is 12.8 Å². The van der Waals surface area contributed by atoms with Crippen LogP contribution in [0.5, 0.6) is 0 Å². The first kappa shape index (κ1) is 15.9. The van der Waals surface area contributed by atoms with Crippen LogP contribution >= 0.6 is 0 Å². The van der Waals surface area contributed by atoms with E-state index >= 15 is 0 Å². The average Bonchev–Trinajstić information content (AvgIpc) is 3.20. The van der Waals surface area contributed by atoms with Gasteiger partial charge >= 0.3 is 0 Å². The molecule has 0 saturated carbocycles. The summed E-state index contributed by atoms with van der Waals surface area (Å²) in [6.07, 6.45) is 4.71. The molecule has 0 radical (unpaired) electrons. The van der Waals surface area contributed by atoms with Gasteiger partial charge in [-0.05, 0) is 12.8 Å². The van der Waals surface area contributed by atoms with Crippen LogP contribution in [-0.4, -0.2) is 59.5 Å². The Bertz CT molecular complexity index is 612. The number of nitrogens with one attached hydrogen (secondary N) is 1. The second-order valence-electron chi connectivity index (χ2n) is 6.10. The van der Waals surface area contributed by atoms with Crippen LogP contribution < -0.4 is 15.8 Å². The number of anilines is 1. The molecule has 8 nitrogen and oxygen atoms in total. The van der Waals surface area contributed by atoms with Crippen molar-refractivity contribution < 1.29 is 14.6 Å². The van der Waals surface area contributed by atoms with Gasteiger partial charge in [-0.25, -0.2) is 4.98 Å². The molecular weight excluding hydrogens is 300 g/mol. The molecule has 2 aliphatic heterocycles. The Morgan fingerprint density at radius 3 is 3.04 bits per heavy atom. The van der Waals surface area contributed by atoms with Crippen molar-refractivity contribution in [3.8, 4) is 0 Å². The van der Waals surface area contributed by atoms with E-state index < -0.39 is 0 Å². The molecule has 1 aromatic rings. The van der Waals surface area contributed by atoms with Crippen LogP contribution in [0, 0.1) is 5.92 Å². The van der Waals surface area contributed by atoms with Gasteiger partial charge in [0.2, 0.25) is 5.91 Å². The standard InChI is InChI=1S/C15H22N4O4/c20-9-11-1-4-18(7-11)14-15(22)19(5-3-16-14)8-13(21)17-12-2-6-23-10-12/h3,5,11-12,20H,1-2,4,6-10H2,(H,17,21)/t11-,12-/m0/s1. The Morgan fingerprint density at radius 1 is 1.48 bits per heavy atom. The van der Waals surface area contributed by atoms with Gasteiger partial charge in [0.25, 0.3) is 5.56 Å². The second-order valence-corrected chi connectivity index (χ2v) is 6.10. The van der Waals surface area contributed by atoms with Crippen molar-refractivity contribution in [2.45, 2.75) is 25.4 Å². The predicted octanol–water partition coefficient (Wildman–Crippen LogP) is -1.03. The fourth-order valence-electron chi connectivity index (χ4n) is 3.03. The maximum Gasteiger partial charge on any atom is 0.293 e. The van der Waals surface area contributed by atoms with Gasteiger partial charge in [0.1, 0.15) is 6.54 Å². The first-order chi connectivity index (χ1) is 11.2. The van der Waals surface area contributed by atoms with E-state index in [1.807, 2.05) is 4.90 Å². The zero-order chi connectivity index (χ0) is 16.2. The number of aliphatic hydroxyl groups is 1. The number of ether oxygens (including phenoxy) is 1. The fourth-order valence-corrected chi connectivity index (χ4v) is 3.03. The minimum absolute atomic E-state index is 0.0257. The Labute approximate surface area is 134 Å². The first-order valence-corrected chi connectivity index (χ1v) is 7.95. The number of hydrogen-bond acceptors (Lipinski definition) is 6. The van der Waals surface area contributed by atoms with Gasteiger partial charge < -0.3 is 24.6 Å². The molecule has 0 spiro atoms. The third-order valence-electron chi connectivity index (χ3n) is 4.35. The van der Waals surface area contributed by atoms with E-state index in [0.29, 0.717) is 32.1 Å². The van der Waals surface area contributed by atoms with Gasteiger partial charge in [0.15, 0.2) is 5.82 Å². The molecule has 0 aromatic carbocycles. The lowest BCUT2D eigenvalue weighted by molar-refractivity contribution is -0.122. The van der Waals surface area contributed by atoms with E-state index in [9.17, 15) is 14.7 Å². The van der Waals surface area contributed by atoms with Crippen molar-refractivity contribution >= 4 is 11.7 Å². The molecule has 1 amide bonds. The normalized spacial score (nSPS) is 24.1. The van der Waals surface area contributed by atoms with Crippen LogP contribution in [0.25, 0.3) is 0 Å². The minimum Gasteiger partial charge on any atom is -0.396 e. The Hall–Kier alpha value is -1.93. The molecule has 3 heterocycles. The van der Waals surface area contributed by atoms with Gasteiger partial charge in [-0.1, -0.05) is 0 Å². The monoisotopic (exact) mass is 322 g/mol. The van der Waals surface area contributed by atoms with Crippen molar-refractivity contribution in [1.29, 1.82) is 0 Å². The molecule has 126 valence electrons. The summed E-state index contributed by atoms with van der Waals surface area (Å²) in [7, 11) is 0. The highest BCUT2D eigenvalue weighted by molar-refractivity contribution is 5.76. The quantitative estimate of drug-likeness (QED) is 0.719. The van der Waals surface area contributed by atoms with Gasteiger partial charge in [0.05, 0.1) is 12.6 Å². The molecule has 2 saturated heterocycles. The van der Waals surface area contributed by atoms with Crippen LogP contribution in [0.15, 0.2) is 17.2 Å². The van der Waals surface area contributed by atoms with Gasteiger partial charge in [-0.15, -0.1) is 0 Å². The van der Waals surface area contributed by atoms with Crippen molar-refractivity contribution in [2.24, 2.45) is 5.92 Å². The second kappa shape index (κ2) is 7.10. The largest absolute Gasteiger partial charge is 0.396 e. The smallest absolute Gasteiger partial charge is 0.293 e. The number of carbonyl (C=O) groups is 1. The number of aromatic nitrogens is 2. The number of hydrogen-bond donors (Lipinski definition) is 2. The number of carbonyl (C=O) groups excluding carboxylic acids is 1. The highest BCUT2D eigenvalue weighted by Crippen LogP contribution is 2.18. The van der Waals surface area contributed by atoms with Gasteiger partial charge in [0, 0.05) is 44.6 Å². The van der Waals surface area contributed by atoms with E-state index in [1.165, 1.54) is 17.0 Å². The number of amides is 1. The summed E-state index contributed by atoms with van der Waals surface area (Å²) in [6.45, 7) is 2.59. The first-order valence-electron chi connectivity index (χ1n) is 7.95. The van der Waals surface area contributed by atoms with Crippen molar-refractivity contribution in [3.05, 3.63) is 22.7 Å². The predicted molar refractivity (Wildman–Crippen MR) is 83.3 cm³/mol. The van der Waals surface area contributed by atoms with Crippen molar-refractivity contribution in [1.82, 2.24) is 14.9 Å². The Morgan fingerprint density at radius 2 is 2.35 bits per heavy atom. The fraction of sp³-hybridized carbons (Fsp3) is 0.667. The molecule has 23 heavy (non-hydrogen) atoms. The lowest BCUT2D eigenvalue weighted by Gasteiger charge is -2.17. The summed E-state index contributed by atoms with van der Waals surface area (Å²) in [5.41, 5.74) is -0.274. The summed E-state index contributed by atoms with van der Waals surface area (Å²) in [5.74, 6) is 0.324.